The molecule has 0 nitrogen and oxygen atoms in total. The Kier molecular flexibility index (Phi) is 4.38. The highest BCUT2D eigenvalue weighted by atomic mass is 14.3. The predicted molar refractivity (Wildman–Crippen MR) is 144 cm³/mol. The minimum absolute atomic E-state index is 0.196. The Morgan fingerprint density at radius 2 is 0.971 bits per heavy atom. The standard InChI is InChI=1S/C34H24/c1-4-16-27-23(10-1)13-7-19-30(27)32-21-9-15-26-22-25-12-3-6-18-29(25)34(33(26)32)31-20-8-14-24-11-2-5-17-28(24)31/h1-21,34H,22H2. The Labute approximate surface area is 200 Å². The van der Waals surface area contributed by atoms with Gasteiger partial charge in [0.05, 0.1) is 0 Å². The van der Waals surface area contributed by atoms with Crippen LogP contribution in [0.5, 0.6) is 0 Å². The smallest absolute Gasteiger partial charge is 0.0357 e. The SMILES string of the molecule is c1ccc2c(c1)Cc1cccc(-c3cccc4ccccc34)c1C2c1cccc2ccccc12. The lowest BCUT2D eigenvalue weighted by atomic mass is 9.71. The molecule has 1 unspecified atom stereocenters. The zero-order chi connectivity index (χ0) is 22.5. The molecular formula is C34H24. The molecule has 1 aliphatic carbocycles. The molecule has 34 heavy (non-hydrogen) atoms. The molecule has 0 N–H and O–H groups in total. The topological polar surface area (TPSA) is 0 Å². The maximum absolute atomic E-state index is 2.34. The number of hydrogen-bond acceptors (Lipinski definition) is 0. The van der Waals surface area contributed by atoms with Gasteiger partial charge < -0.3 is 0 Å². The normalized spacial score (nSPS) is 14.6. The largest absolute Gasteiger partial charge is 0.0620 e. The Hall–Kier alpha value is -4.16. The van der Waals surface area contributed by atoms with Gasteiger partial charge in [0.15, 0.2) is 0 Å². The summed E-state index contributed by atoms with van der Waals surface area (Å²) in [5.74, 6) is 0.196. The highest BCUT2D eigenvalue weighted by Crippen LogP contribution is 2.47. The Bertz CT molecular complexity index is 1680. The molecule has 7 rings (SSSR count). The molecular weight excluding hydrogens is 408 g/mol. The minimum atomic E-state index is 0.196. The van der Waals surface area contributed by atoms with E-state index in [4.69, 9.17) is 0 Å². The lowest BCUT2D eigenvalue weighted by molar-refractivity contribution is 0.895. The van der Waals surface area contributed by atoms with Gasteiger partial charge in [-0.15, -0.1) is 0 Å². The summed E-state index contributed by atoms with van der Waals surface area (Å²) in [7, 11) is 0. The van der Waals surface area contributed by atoms with E-state index in [1.165, 1.54) is 60.5 Å². The van der Waals surface area contributed by atoms with Gasteiger partial charge in [-0.25, -0.2) is 0 Å². The van der Waals surface area contributed by atoms with Crippen LogP contribution >= 0.6 is 0 Å². The van der Waals surface area contributed by atoms with Gasteiger partial charge in [-0.05, 0) is 66.9 Å². The van der Waals surface area contributed by atoms with Crippen LogP contribution in [-0.2, 0) is 6.42 Å². The molecule has 0 amide bonds. The van der Waals surface area contributed by atoms with E-state index in [1.54, 1.807) is 0 Å². The highest BCUT2D eigenvalue weighted by Gasteiger charge is 2.30. The monoisotopic (exact) mass is 432 g/mol. The molecule has 6 aromatic rings. The fourth-order valence-electron chi connectivity index (χ4n) is 5.97. The van der Waals surface area contributed by atoms with E-state index in [9.17, 15) is 0 Å². The maximum atomic E-state index is 2.34. The molecule has 0 saturated heterocycles. The zero-order valence-electron chi connectivity index (χ0n) is 18.9. The Balaban J connectivity index is 1.58. The molecule has 0 fully saturated rings. The van der Waals surface area contributed by atoms with Crippen LogP contribution in [0.25, 0.3) is 32.7 Å². The van der Waals surface area contributed by atoms with E-state index in [1.807, 2.05) is 0 Å². The van der Waals surface area contributed by atoms with Gasteiger partial charge >= 0.3 is 0 Å². The van der Waals surface area contributed by atoms with Crippen LogP contribution in [0.1, 0.15) is 33.7 Å². The molecule has 1 aliphatic rings. The lowest BCUT2D eigenvalue weighted by Gasteiger charge is -2.32. The predicted octanol–water partition coefficient (Wildman–Crippen LogP) is 8.74. The first kappa shape index (κ1) is 19.3. The van der Waals surface area contributed by atoms with Gasteiger partial charge in [-0.2, -0.15) is 0 Å². The number of benzene rings is 6. The Morgan fingerprint density at radius 1 is 0.412 bits per heavy atom. The molecule has 0 heteroatoms. The van der Waals surface area contributed by atoms with E-state index in [2.05, 4.69) is 127 Å². The molecule has 0 radical (unpaired) electrons. The number of hydrogen-bond donors (Lipinski definition) is 0. The summed E-state index contributed by atoms with van der Waals surface area (Å²) in [5.41, 5.74) is 9.80. The fraction of sp³-hybridized carbons (Fsp3) is 0.0588. The summed E-state index contributed by atoms with van der Waals surface area (Å²) in [6, 6.07) is 47.0. The molecule has 0 heterocycles. The summed E-state index contributed by atoms with van der Waals surface area (Å²) < 4.78 is 0. The Morgan fingerprint density at radius 3 is 1.85 bits per heavy atom. The average Bonchev–Trinajstić information content (AvgIpc) is 2.91. The van der Waals surface area contributed by atoms with Crippen molar-refractivity contribution in [2.75, 3.05) is 0 Å². The third-order valence-corrected chi connectivity index (χ3v) is 7.45. The van der Waals surface area contributed by atoms with Gasteiger partial charge in [0.2, 0.25) is 0 Å². The lowest BCUT2D eigenvalue weighted by Crippen LogP contribution is -2.16. The van der Waals surface area contributed by atoms with Crippen LogP contribution in [0.2, 0.25) is 0 Å². The summed E-state index contributed by atoms with van der Waals surface area (Å²) >= 11 is 0. The van der Waals surface area contributed by atoms with Crippen LogP contribution in [0, 0.1) is 0 Å². The fourth-order valence-corrected chi connectivity index (χ4v) is 5.97. The van der Waals surface area contributed by atoms with Crippen LogP contribution < -0.4 is 0 Å². The van der Waals surface area contributed by atoms with Crippen LogP contribution in [0.3, 0.4) is 0 Å². The van der Waals surface area contributed by atoms with Crippen molar-refractivity contribution in [3.63, 3.8) is 0 Å². The van der Waals surface area contributed by atoms with Crippen molar-refractivity contribution in [3.8, 4) is 11.1 Å². The second-order valence-electron chi connectivity index (χ2n) is 9.28. The molecule has 160 valence electrons. The van der Waals surface area contributed by atoms with Crippen molar-refractivity contribution in [2.45, 2.75) is 12.3 Å². The first-order valence-corrected chi connectivity index (χ1v) is 12.0. The van der Waals surface area contributed by atoms with Gasteiger partial charge in [-0.1, -0.05) is 127 Å². The van der Waals surface area contributed by atoms with Crippen molar-refractivity contribution in [2.24, 2.45) is 0 Å². The summed E-state index contributed by atoms with van der Waals surface area (Å²) in [6.07, 6.45) is 0.978. The van der Waals surface area contributed by atoms with Crippen LogP contribution in [0.4, 0.5) is 0 Å². The van der Waals surface area contributed by atoms with Crippen LogP contribution in [-0.4, -0.2) is 0 Å². The van der Waals surface area contributed by atoms with Gasteiger partial charge in [-0.3, -0.25) is 0 Å². The third-order valence-electron chi connectivity index (χ3n) is 7.45. The van der Waals surface area contributed by atoms with Gasteiger partial charge in [0.25, 0.3) is 0 Å². The first-order chi connectivity index (χ1) is 16.9. The summed E-state index contributed by atoms with van der Waals surface area (Å²) in [5, 5.41) is 5.24. The molecule has 0 bridgehead atoms. The highest BCUT2D eigenvalue weighted by molar-refractivity contribution is 5.98. The van der Waals surface area contributed by atoms with E-state index < -0.39 is 0 Å². The maximum Gasteiger partial charge on any atom is 0.0357 e. The van der Waals surface area contributed by atoms with Crippen molar-refractivity contribution in [1.29, 1.82) is 0 Å². The molecule has 0 saturated carbocycles. The molecule has 1 atom stereocenters. The zero-order valence-corrected chi connectivity index (χ0v) is 18.9. The van der Waals surface area contributed by atoms with E-state index >= 15 is 0 Å². The first-order valence-electron chi connectivity index (χ1n) is 12.0. The van der Waals surface area contributed by atoms with Crippen molar-refractivity contribution in [1.82, 2.24) is 0 Å². The number of rotatable bonds is 2. The van der Waals surface area contributed by atoms with Crippen molar-refractivity contribution >= 4 is 21.5 Å². The van der Waals surface area contributed by atoms with E-state index in [0.29, 0.717) is 0 Å². The van der Waals surface area contributed by atoms with Gasteiger partial charge in [0, 0.05) is 5.92 Å². The second kappa shape index (κ2) is 7.71. The van der Waals surface area contributed by atoms with Crippen molar-refractivity contribution < 1.29 is 0 Å². The third kappa shape index (κ3) is 2.92. The summed E-state index contributed by atoms with van der Waals surface area (Å²) in [4.78, 5) is 0. The molecule has 0 aliphatic heterocycles. The summed E-state index contributed by atoms with van der Waals surface area (Å²) in [6.45, 7) is 0. The van der Waals surface area contributed by atoms with Gasteiger partial charge in [0.1, 0.15) is 0 Å². The van der Waals surface area contributed by atoms with Crippen molar-refractivity contribution in [3.05, 3.63) is 155 Å². The van der Waals surface area contributed by atoms with E-state index in [-0.39, 0.29) is 5.92 Å². The second-order valence-corrected chi connectivity index (χ2v) is 9.28. The number of fused-ring (bicyclic) bond motifs is 4. The van der Waals surface area contributed by atoms with E-state index in [0.717, 1.165) is 6.42 Å². The minimum Gasteiger partial charge on any atom is -0.0620 e. The molecule has 0 spiro atoms. The molecule has 0 aromatic heterocycles. The molecule has 6 aromatic carbocycles. The average molecular weight is 433 g/mol. The van der Waals surface area contributed by atoms with Crippen LogP contribution in [0.15, 0.2) is 127 Å². The quantitative estimate of drug-likeness (QED) is 0.256.